The molecule has 1 N–H and O–H groups in total. The first kappa shape index (κ1) is 24.3. The summed E-state index contributed by atoms with van der Waals surface area (Å²) in [4.78, 5) is 14.8. The average molecular weight is 495 g/mol. The number of aromatic nitrogens is 2. The molecule has 0 aliphatic carbocycles. The van der Waals surface area contributed by atoms with Gasteiger partial charge in [-0.1, -0.05) is 43.2 Å². The van der Waals surface area contributed by atoms with Crippen LogP contribution in [0.4, 0.5) is 11.5 Å². The number of benzene rings is 3. The molecule has 1 saturated heterocycles. The van der Waals surface area contributed by atoms with E-state index in [0.29, 0.717) is 17.2 Å². The number of hydrogen-bond donors (Lipinski definition) is 1. The summed E-state index contributed by atoms with van der Waals surface area (Å²) in [5.74, 6) is 2.72. The Labute approximate surface area is 217 Å². The van der Waals surface area contributed by atoms with Gasteiger partial charge in [-0.25, -0.2) is 0 Å². The molecule has 5 rings (SSSR count). The van der Waals surface area contributed by atoms with Gasteiger partial charge < -0.3 is 19.7 Å². The SMILES string of the molecule is O=C(COc1ccc(Oc2ccccc2)cc1)Nc1cccc(-c2ccc(N3CCCCCC3)nn2)c1. The molecule has 7 nitrogen and oxygen atoms in total. The summed E-state index contributed by atoms with van der Waals surface area (Å²) < 4.78 is 11.4. The molecule has 1 fully saturated rings. The van der Waals surface area contributed by atoms with Gasteiger partial charge in [0.05, 0.1) is 5.69 Å². The van der Waals surface area contributed by atoms with Crippen LogP contribution in [0, 0.1) is 0 Å². The van der Waals surface area contributed by atoms with Crippen molar-refractivity contribution in [2.24, 2.45) is 0 Å². The van der Waals surface area contributed by atoms with E-state index in [0.717, 1.165) is 35.9 Å². The van der Waals surface area contributed by atoms with Crippen molar-refractivity contribution >= 4 is 17.4 Å². The monoisotopic (exact) mass is 494 g/mol. The Morgan fingerprint density at radius 3 is 2.22 bits per heavy atom. The molecule has 0 spiro atoms. The molecule has 1 amide bonds. The number of para-hydroxylation sites is 1. The van der Waals surface area contributed by atoms with Gasteiger partial charge in [-0.3, -0.25) is 4.79 Å². The van der Waals surface area contributed by atoms with E-state index < -0.39 is 0 Å². The quantitative estimate of drug-likeness (QED) is 0.308. The maximum atomic E-state index is 12.5. The fourth-order valence-electron chi connectivity index (χ4n) is 4.28. The lowest BCUT2D eigenvalue weighted by Crippen LogP contribution is -2.25. The highest BCUT2D eigenvalue weighted by Crippen LogP contribution is 2.25. The molecule has 37 heavy (non-hydrogen) atoms. The lowest BCUT2D eigenvalue weighted by atomic mass is 10.1. The fourth-order valence-corrected chi connectivity index (χ4v) is 4.28. The Kier molecular flexibility index (Phi) is 7.91. The predicted molar refractivity (Wildman–Crippen MR) is 145 cm³/mol. The van der Waals surface area contributed by atoms with E-state index in [1.807, 2.05) is 78.9 Å². The van der Waals surface area contributed by atoms with Crippen LogP contribution in [0.15, 0.2) is 91.0 Å². The number of rotatable bonds is 8. The lowest BCUT2D eigenvalue weighted by Gasteiger charge is -2.20. The molecule has 0 bridgehead atoms. The summed E-state index contributed by atoms with van der Waals surface area (Å²) in [6, 6.07) is 28.3. The molecule has 188 valence electrons. The molecule has 3 aromatic carbocycles. The molecule has 1 aromatic heterocycles. The zero-order valence-electron chi connectivity index (χ0n) is 20.7. The molecule has 1 aliphatic heterocycles. The highest BCUT2D eigenvalue weighted by Gasteiger charge is 2.12. The second kappa shape index (κ2) is 12.0. The molecule has 0 atom stereocenters. The highest BCUT2D eigenvalue weighted by molar-refractivity contribution is 5.92. The zero-order valence-corrected chi connectivity index (χ0v) is 20.7. The number of nitrogens with one attached hydrogen (secondary N) is 1. The summed E-state index contributed by atoms with van der Waals surface area (Å²) >= 11 is 0. The van der Waals surface area contributed by atoms with Crippen molar-refractivity contribution in [3.8, 4) is 28.5 Å². The van der Waals surface area contributed by atoms with E-state index in [2.05, 4.69) is 20.4 Å². The Bertz CT molecular complexity index is 1290. The highest BCUT2D eigenvalue weighted by atomic mass is 16.5. The van der Waals surface area contributed by atoms with Gasteiger partial charge in [0.1, 0.15) is 17.2 Å². The standard InChI is InChI=1S/C30H30N4O3/c35-30(22-36-25-13-15-27(16-14-25)37-26-11-4-3-5-12-26)31-24-10-8-9-23(21-24)28-17-18-29(33-32-28)34-19-6-1-2-7-20-34/h3-5,8-18,21H,1-2,6-7,19-20,22H2,(H,31,35). The van der Waals surface area contributed by atoms with E-state index in [9.17, 15) is 4.79 Å². The van der Waals surface area contributed by atoms with Crippen LogP contribution < -0.4 is 19.7 Å². The molecule has 4 aromatic rings. The normalized spacial score (nSPS) is 13.5. The lowest BCUT2D eigenvalue weighted by molar-refractivity contribution is -0.118. The molecule has 0 unspecified atom stereocenters. The summed E-state index contributed by atoms with van der Waals surface area (Å²) in [6.45, 7) is 1.96. The van der Waals surface area contributed by atoms with Crippen LogP contribution in [0.1, 0.15) is 25.7 Å². The Morgan fingerprint density at radius 2 is 1.49 bits per heavy atom. The first-order valence-electron chi connectivity index (χ1n) is 12.7. The van der Waals surface area contributed by atoms with Crippen molar-refractivity contribution in [2.45, 2.75) is 25.7 Å². The van der Waals surface area contributed by atoms with Crippen molar-refractivity contribution in [1.29, 1.82) is 0 Å². The summed E-state index contributed by atoms with van der Waals surface area (Å²) in [5, 5.41) is 11.8. The van der Waals surface area contributed by atoms with Crippen molar-refractivity contribution in [2.75, 3.05) is 29.9 Å². The van der Waals surface area contributed by atoms with Gasteiger partial charge in [0, 0.05) is 24.3 Å². The topological polar surface area (TPSA) is 76.6 Å². The van der Waals surface area contributed by atoms with Crippen molar-refractivity contribution in [3.63, 3.8) is 0 Å². The summed E-state index contributed by atoms with van der Waals surface area (Å²) in [6.07, 6.45) is 4.95. The van der Waals surface area contributed by atoms with E-state index in [4.69, 9.17) is 9.47 Å². The number of nitrogens with zero attached hydrogens (tertiary/aromatic N) is 3. The minimum Gasteiger partial charge on any atom is -0.484 e. The summed E-state index contributed by atoms with van der Waals surface area (Å²) in [5.41, 5.74) is 2.34. The number of carbonyl (C=O) groups is 1. The van der Waals surface area contributed by atoms with E-state index in [-0.39, 0.29) is 12.5 Å². The molecular formula is C30H30N4O3. The molecule has 0 saturated carbocycles. The largest absolute Gasteiger partial charge is 0.484 e. The number of hydrogen-bond acceptors (Lipinski definition) is 6. The number of amides is 1. The van der Waals surface area contributed by atoms with Gasteiger partial charge >= 0.3 is 0 Å². The second-order valence-electron chi connectivity index (χ2n) is 8.98. The maximum absolute atomic E-state index is 12.5. The maximum Gasteiger partial charge on any atom is 0.262 e. The third-order valence-electron chi connectivity index (χ3n) is 6.20. The van der Waals surface area contributed by atoms with Crippen LogP contribution in [0.25, 0.3) is 11.3 Å². The molecule has 2 heterocycles. The first-order valence-corrected chi connectivity index (χ1v) is 12.7. The number of carbonyl (C=O) groups excluding carboxylic acids is 1. The van der Waals surface area contributed by atoms with E-state index >= 15 is 0 Å². The Morgan fingerprint density at radius 1 is 0.757 bits per heavy atom. The number of ether oxygens (including phenoxy) is 2. The Balaban J connectivity index is 1.14. The van der Waals surface area contributed by atoms with Crippen LogP contribution in [-0.4, -0.2) is 35.8 Å². The van der Waals surface area contributed by atoms with Crippen LogP contribution in [-0.2, 0) is 4.79 Å². The fraction of sp³-hybridized carbons (Fsp3) is 0.233. The van der Waals surface area contributed by atoms with Crippen molar-refractivity contribution < 1.29 is 14.3 Å². The number of anilines is 2. The second-order valence-corrected chi connectivity index (χ2v) is 8.98. The Hall–Kier alpha value is -4.39. The van der Waals surface area contributed by atoms with Gasteiger partial charge in [0.2, 0.25) is 0 Å². The van der Waals surface area contributed by atoms with E-state index in [1.54, 1.807) is 12.1 Å². The van der Waals surface area contributed by atoms with Crippen LogP contribution in [0.3, 0.4) is 0 Å². The van der Waals surface area contributed by atoms with Crippen molar-refractivity contribution in [3.05, 3.63) is 91.0 Å². The predicted octanol–water partition coefficient (Wildman–Crippen LogP) is 6.33. The average Bonchev–Trinajstić information content (AvgIpc) is 3.23. The van der Waals surface area contributed by atoms with Crippen molar-refractivity contribution in [1.82, 2.24) is 10.2 Å². The smallest absolute Gasteiger partial charge is 0.262 e. The van der Waals surface area contributed by atoms with E-state index in [1.165, 1.54) is 25.7 Å². The molecular weight excluding hydrogens is 464 g/mol. The molecule has 0 radical (unpaired) electrons. The van der Waals surface area contributed by atoms with Crippen LogP contribution in [0.5, 0.6) is 17.2 Å². The van der Waals surface area contributed by atoms with Gasteiger partial charge in [-0.05, 0) is 73.5 Å². The van der Waals surface area contributed by atoms with Gasteiger partial charge in [-0.15, -0.1) is 10.2 Å². The zero-order chi connectivity index (χ0) is 25.3. The minimum atomic E-state index is -0.246. The van der Waals surface area contributed by atoms with Crippen LogP contribution in [0.2, 0.25) is 0 Å². The third kappa shape index (κ3) is 6.85. The third-order valence-corrected chi connectivity index (χ3v) is 6.20. The van der Waals surface area contributed by atoms with Gasteiger partial charge in [-0.2, -0.15) is 0 Å². The van der Waals surface area contributed by atoms with Crippen LogP contribution >= 0.6 is 0 Å². The molecule has 1 aliphatic rings. The van der Waals surface area contributed by atoms with Gasteiger partial charge in [0.15, 0.2) is 12.4 Å². The molecule has 7 heteroatoms. The van der Waals surface area contributed by atoms with Gasteiger partial charge in [0.25, 0.3) is 5.91 Å². The first-order chi connectivity index (χ1) is 18.2. The summed E-state index contributed by atoms with van der Waals surface area (Å²) in [7, 11) is 0. The minimum absolute atomic E-state index is 0.104.